The molecule has 0 spiro atoms. The van der Waals surface area contributed by atoms with Gasteiger partial charge in [0.25, 0.3) is 0 Å². The van der Waals surface area contributed by atoms with E-state index in [2.05, 4.69) is 5.32 Å². The third-order valence-electron chi connectivity index (χ3n) is 4.23. The molecule has 2 rings (SSSR count). The summed E-state index contributed by atoms with van der Waals surface area (Å²) in [7, 11) is 0. The van der Waals surface area contributed by atoms with Gasteiger partial charge in [-0.25, -0.2) is 4.79 Å². The van der Waals surface area contributed by atoms with Crippen LogP contribution < -0.4 is 5.32 Å². The highest BCUT2D eigenvalue weighted by Crippen LogP contribution is 2.51. The van der Waals surface area contributed by atoms with Crippen molar-refractivity contribution in [3.8, 4) is 0 Å². The lowest BCUT2D eigenvalue weighted by molar-refractivity contribution is -0.142. The first-order chi connectivity index (χ1) is 9.22. The number of aryl methyl sites for hydroxylation is 2. The van der Waals surface area contributed by atoms with Crippen molar-refractivity contribution >= 4 is 11.9 Å². The van der Waals surface area contributed by atoms with Crippen molar-refractivity contribution in [1.29, 1.82) is 0 Å². The van der Waals surface area contributed by atoms with E-state index in [1.54, 1.807) is 6.07 Å². The number of carboxylic acids is 1. The summed E-state index contributed by atoms with van der Waals surface area (Å²) in [6, 6.07) is 4.50. The Hall–Kier alpha value is -1.84. The topological polar surface area (TPSA) is 66.4 Å². The van der Waals surface area contributed by atoms with Crippen LogP contribution in [0.3, 0.4) is 0 Å². The average Bonchev–Trinajstić information content (AvgIpc) is 2.98. The molecule has 1 saturated carbocycles. The Morgan fingerprint density at radius 3 is 2.35 bits per heavy atom. The van der Waals surface area contributed by atoms with E-state index < -0.39 is 12.0 Å². The van der Waals surface area contributed by atoms with Crippen molar-refractivity contribution < 1.29 is 14.7 Å². The van der Waals surface area contributed by atoms with Gasteiger partial charge in [-0.1, -0.05) is 32.0 Å². The van der Waals surface area contributed by atoms with Crippen molar-refractivity contribution in [1.82, 2.24) is 5.32 Å². The molecule has 1 aliphatic rings. The fourth-order valence-electron chi connectivity index (χ4n) is 2.39. The fraction of sp³-hybridized carbons (Fsp3) is 0.500. The minimum absolute atomic E-state index is 0.00364. The number of benzene rings is 1. The largest absolute Gasteiger partial charge is 0.479 e. The zero-order valence-corrected chi connectivity index (χ0v) is 12.4. The van der Waals surface area contributed by atoms with Gasteiger partial charge >= 0.3 is 5.97 Å². The Kier molecular flexibility index (Phi) is 3.59. The second-order valence-electron chi connectivity index (χ2n) is 6.37. The van der Waals surface area contributed by atoms with Gasteiger partial charge < -0.3 is 10.4 Å². The standard InChI is InChI=1S/C16H21NO3/c1-9-5-6-11(7-10(9)2)13(15(19)20)17-14(18)12-8-16(12,3)4/h5-7,12-13H,8H2,1-4H3,(H,17,18)(H,19,20). The van der Waals surface area contributed by atoms with E-state index in [1.165, 1.54) is 0 Å². The van der Waals surface area contributed by atoms with E-state index in [9.17, 15) is 14.7 Å². The highest BCUT2D eigenvalue weighted by molar-refractivity contribution is 5.88. The molecule has 108 valence electrons. The zero-order valence-electron chi connectivity index (χ0n) is 12.4. The van der Waals surface area contributed by atoms with E-state index in [0.717, 1.165) is 17.5 Å². The molecule has 4 heteroatoms. The smallest absolute Gasteiger partial charge is 0.330 e. The summed E-state index contributed by atoms with van der Waals surface area (Å²) < 4.78 is 0. The number of nitrogens with one attached hydrogen (secondary N) is 1. The molecule has 0 heterocycles. The van der Waals surface area contributed by atoms with Gasteiger partial charge in [-0.2, -0.15) is 0 Å². The summed E-state index contributed by atoms with van der Waals surface area (Å²) in [5, 5.41) is 12.0. The predicted molar refractivity (Wildman–Crippen MR) is 76.3 cm³/mol. The summed E-state index contributed by atoms with van der Waals surface area (Å²) in [5.74, 6) is -1.27. The van der Waals surface area contributed by atoms with Crippen LogP contribution in [0.25, 0.3) is 0 Å². The van der Waals surface area contributed by atoms with Gasteiger partial charge in [0, 0.05) is 5.92 Å². The monoisotopic (exact) mass is 275 g/mol. The normalized spacial score (nSPS) is 21.1. The fourth-order valence-corrected chi connectivity index (χ4v) is 2.39. The average molecular weight is 275 g/mol. The van der Waals surface area contributed by atoms with Crippen LogP contribution in [0, 0.1) is 25.2 Å². The first kappa shape index (κ1) is 14.6. The van der Waals surface area contributed by atoms with Crippen LogP contribution in [0.2, 0.25) is 0 Å². The van der Waals surface area contributed by atoms with Crippen molar-refractivity contribution in [2.24, 2.45) is 11.3 Å². The number of amides is 1. The lowest BCUT2D eigenvalue weighted by atomic mass is 10.0. The van der Waals surface area contributed by atoms with Crippen LogP contribution >= 0.6 is 0 Å². The number of rotatable bonds is 4. The van der Waals surface area contributed by atoms with Crippen LogP contribution in [0.5, 0.6) is 0 Å². The van der Waals surface area contributed by atoms with Gasteiger partial charge in [0.15, 0.2) is 6.04 Å². The SMILES string of the molecule is Cc1ccc(C(NC(=O)C2CC2(C)C)C(=O)O)cc1C. The molecule has 2 unspecified atom stereocenters. The molecule has 0 saturated heterocycles. The molecule has 1 fully saturated rings. The van der Waals surface area contributed by atoms with Crippen molar-refractivity contribution in [2.45, 2.75) is 40.2 Å². The molecule has 4 nitrogen and oxygen atoms in total. The quantitative estimate of drug-likeness (QED) is 0.887. The van der Waals surface area contributed by atoms with Gasteiger partial charge in [0.1, 0.15) is 0 Å². The third-order valence-corrected chi connectivity index (χ3v) is 4.23. The highest BCUT2D eigenvalue weighted by atomic mass is 16.4. The minimum atomic E-state index is -1.03. The molecule has 0 radical (unpaired) electrons. The highest BCUT2D eigenvalue weighted by Gasteiger charge is 2.51. The third kappa shape index (κ3) is 2.84. The van der Waals surface area contributed by atoms with Crippen LogP contribution in [-0.4, -0.2) is 17.0 Å². The molecule has 1 aliphatic carbocycles. The second kappa shape index (κ2) is 4.93. The molecular formula is C16H21NO3. The number of carbonyl (C=O) groups is 2. The van der Waals surface area contributed by atoms with Crippen LogP contribution in [0.4, 0.5) is 0 Å². The Morgan fingerprint density at radius 2 is 1.90 bits per heavy atom. The first-order valence-corrected chi connectivity index (χ1v) is 6.83. The van der Waals surface area contributed by atoms with Crippen molar-refractivity contribution in [2.75, 3.05) is 0 Å². The van der Waals surface area contributed by atoms with E-state index in [4.69, 9.17) is 0 Å². The maximum atomic E-state index is 12.1. The molecule has 0 bridgehead atoms. The Morgan fingerprint density at radius 1 is 1.30 bits per heavy atom. The van der Waals surface area contributed by atoms with E-state index in [-0.39, 0.29) is 17.2 Å². The molecule has 0 aromatic heterocycles. The summed E-state index contributed by atoms with van der Waals surface area (Å²) in [5.41, 5.74) is 2.74. The molecule has 2 atom stereocenters. The molecule has 1 aromatic carbocycles. The summed E-state index contributed by atoms with van der Waals surface area (Å²) in [4.78, 5) is 23.5. The number of aliphatic carboxylic acids is 1. The molecular weight excluding hydrogens is 254 g/mol. The van der Waals surface area contributed by atoms with E-state index >= 15 is 0 Å². The van der Waals surface area contributed by atoms with Gasteiger partial charge in [-0.3, -0.25) is 4.79 Å². The minimum Gasteiger partial charge on any atom is -0.479 e. The number of hydrogen-bond acceptors (Lipinski definition) is 2. The molecule has 1 amide bonds. The summed E-state index contributed by atoms with van der Waals surface area (Å²) >= 11 is 0. The van der Waals surface area contributed by atoms with Crippen LogP contribution in [0.15, 0.2) is 18.2 Å². The maximum Gasteiger partial charge on any atom is 0.330 e. The molecule has 2 N–H and O–H groups in total. The molecule has 0 aliphatic heterocycles. The second-order valence-corrected chi connectivity index (χ2v) is 6.37. The Labute approximate surface area is 119 Å². The van der Waals surface area contributed by atoms with E-state index in [1.807, 2.05) is 39.8 Å². The maximum absolute atomic E-state index is 12.1. The molecule has 1 aromatic rings. The van der Waals surface area contributed by atoms with E-state index in [0.29, 0.717) is 5.56 Å². The Bertz CT molecular complexity index is 563. The number of hydrogen-bond donors (Lipinski definition) is 2. The van der Waals surface area contributed by atoms with Gasteiger partial charge in [-0.05, 0) is 42.4 Å². The summed E-state index contributed by atoms with van der Waals surface area (Å²) in [6.45, 7) is 7.94. The number of carbonyl (C=O) groups excluding carboxylic acids is 1. The number of carboxylic acid groups (broad SMARTS) is 1. The first-order valence-electron chi connectivity index (χ1n) is 6.83. The predicted octanol–water partition coefficient (Wildman–Crippen LogP) is 2.59. The van der Waals surface area contributed by atoms with Gasteiger partial charge in [0.05, 0.1) is 0 Å². The summed E-state index contributed by atoms with van der Waals surface area (Å²) in [6.07, 6.45) is 0.818. The molecule has 20 heavy (non-hydrogen) atoms. The van der Waals surface area contributed by atoms with Crippen molar-refractivity contribution in [3.63, 3.8) is 0 Å². The van der Waals surface area contributed by atoms with Crippen LogP contribution in [-0.2, 0) is 9.59 Å². The Balaban J connectivity index is 2.17. The van der Waals surface area contributed by atoms with Gasteiger partial charge in [0.2, 0.25) is 5.91 Å². The lowest BCUT2D eigenvalue weighted by Gasteiger charge is -2.16. The lowest BCUT2D eigenvalue weighted by Crippen LogP contribution is -2.35. The zero-order chi connectivity index (χ0) is 15.1. The van der Waals surface area contributed by atoms with Gasteiger partial charge in [-0.15, -0.1) is 0 Å². The van der Waals surface area contributed by atoms with Crippen molar-refractivity contribution in [3.05, 3.63) is 34.9 Å². The van der Waals surface area contributed by atoms with Crippen LogP contribution in [0.1, 0.15) is 43.0 Å².